The third-order valence-corrected chi connectivity index (χ3v) is 6.25. The minimum absolute atomic E-state index is 0.133. The smallest absolute Gasteiger partial charge is 0.231 e. The van der Waals surface area contributed by atoms with Crippen molar-refractivity contribution in [1.29, 1.82) is 0 Å². The first-order chi connectivity index (χ1) is 14.5. The van der Waals surface area contributed by atoms with Crippen LogP contribution in [0.3, 0.4) is 0 Å². The molecular weight excluding hydrogens is 376 g/mol. The Hall–Kier alpha value is -3.05. The number of para-hydroxylation sites is 1. The number of rotatable bonds is 3. The fourth-order valence-corrected chi connectivity index (χ4v) is 4.73. The van der Waals surface area contributed by atoms with Gasteiger partial charge in [0.2, 0.25) is 5.78 Å². The maximum Gasteiger partial charge on any atom is 0.231 e. The summed E-state index contributed by atoms with van der Waals surface area (Å²) in [5, 5.41) is 11.6. The van der Waals surface area contributed by atoms with Crippen LogP contribution in [0.4, 0.5) is 0 Å². The highest BCUT2D eigenvalue weighted by Gasteiger charge is 2.32. The summed E-state index contributed by atoms with van der Waals surface area (Å²) < 4.78 is 8.12. The summed E-state index contributed by atoms with van der Waals surface area (Å²) in [4.78, 5) is 15.4. The predicted molar refractivity (Wildman–Crippen MR) is 118 cm³/mol. The molecule has 3 aromatic rings. The van der Waals surface area contributed by atoms with E-state index in [4.69, 9.17) is 4.74 Å². The van der Waals surface area contributed by atoms with Crippen molar-refractivity contribution in [1.82, 2.24) is 9.47 Å². The van der Waals surface area contributed by atoms with Gasteiger partial charge in [-0.1, -0.05) is 25.1 Å². The summed E-state index contributed by atoms with van der Waals surface area (Å²) in [7, 11) is 1.99. The minimum Gasteiger partial charge on any atom is -0.507 e. The molecule has 1 aromatic heterocycles. The standard InChI is InChI=1S/C25H26N2O3/c1-16-6-5-11-27(13-16)15-20-22(28)10-9-19-24(29)23(30-25(19)20)12-17-14-26(2)21-8-4-3-7-18(17)21/h3-4,7-10,12,14,16,28H,5-6,11,13,15H2,1-2H3/t16-/m1/s1. The Morgan fingerprint density at radius 3 is 2.90 bits per heavy atom. The zero-order chi connectivity index (χ0) is 20.8. The predicted octanol–water partition coefficient (Wildman–Crippen LogP) is 4.73. The molecule has 5 rings (SSSR count). The number of fused-ring (bicyclic) bond motifs is 2. The lowest BCUT2D eigenvalue weighted by atomic mass is 9.99. The average Bonchev–Trinajstić information content (AvgIpc) is 3.22. The van der Waals surface area contributed by atoms with Crippen LogP contribution in [-0.4, -0.2) is 33.4 Å². The Morgan fingerprint density at radius 2 is 2.07 bits per heavy atom. The lowest BCUT2D eigenvalue weighted by Gasteiger charge is -2.31. The first-order valence-corrected chi connectivity index (χ1v) is 10.6. The zero-order valence-corrected chi connectivity index (χ0v) is 17.4. The van der Waals surface area contributed by atoms with E-state index in [9.17, 15) is 9.90 Å². The van der Waals surface area contributed by atoms with Gasteiger partial charge >= 0.3 is 0 Å². The van der Waals surface area contributed by atoms with E-state index in [0.29, 0.717) is 35.1 Å². The number of Topliss-reactive ketones (excluding diaryl/α,β-unsaturated/α-hetero) is 1. The van der Waals surface area contributed by atoms with Crippen molar-refractivity contribution in [2.75, 3.05) is 13.1 Å². The Bertz CT molecular complexity index is 1170. The number of benzene rings is 2. The number of hydrogen-bond acceptors (Lipinski definition) is 4. The number of ether oxygens (including phenoxy) is 1. The van der Waals surface area contributed by atoms with Crippen LogP contribution in [0.2, 0.25) is 0 Å². The number of hydrogen-bond donors (Lipinski definition) is 1. The zero-order valence-electron chi connectivity index (χ0n) is 17.4. The molecule has 5 nitrogen and oxygen atoms in total. The van der Waals surface area contributed by atoms with Gasteiger partial charge in [0.25, 0.3) is 0 Å². The van der Waals surface area contributed by atoms with Gasteiger partial charge in [0.15, 0.2) is 5.76 Å². The molecule has 154 valence electrons. The highest BCUT2D eigenvalue weighted by molar-refractivity contribution is 6.15. The molecule has 2 aliphatic heterocycles. The number of aromatic hydroxyl groups is 1. The molecular formula is C25H26N2O3. The second-order valence-electron chi connectivity index (χ2n) is 8.57. The molecule has 2 aliphatic rings. The summed E-state index contributed by atoms with van der Waals surface area (Å²) >= 11 is 0. The quantitative estimate of drug-likeness (QED) is 0.644. The van der Waals surface area contributed by atoms with Crippen LogP contribution < -0.4 is 4.74 Å². The first kappa shape index (κ1) is 18.9. The van der Waals surface area contributed by atoms with E-state index in [0.717, 1.165) is 36.0 Å². The number of ketones is 1. The van der Waals surface area contributed by atoms with Crippen LogP contribution in [0.5, 0.6) is 11.5 Å². The van der Waals surface area contributed by atoms with E-state index in [1.165, 1.54) is 6.42 Å². The second-order valence-corrected chi connectivity index (χ2v) is 8.57. The summed E-state index contributed by atoms with van der Waals surface area (Å²) in [6, 6.07) is 11.4. The number of likely N-dealkylation sites (tertiary alicyclic amines) is 1. The molecule has 2 aromatic carbocycles. The maximum absolute atomic E-state index is 13.1. The van der Waals surface area contributed by atoms with Gasteiger partial charge in [-0.05, 0) is 49.6 Å². The largest absolute Gasteiger partial charge is 0.507 e. The van der Waals surface area contributed by atoms with Crippen molar-refractivity contribution in [2.45, 2.75) is 26.3 Å². The van der Waals surface area contributed by atoms with Crippen LogP contribution in [0.25, 0.3) is 17.0 Å². The molecule has 0 amide bonds. The Kier molecular flexibility index (Phi) is 4.63. The summed E-state index contributed by atoms with van der Waals surface area (Å²) in [5.41, 5.74) is 3.28. The highest BCUT2D eigenvalue weighted by atomic mass is 16.5. The number of aromatic nitrogens is 1. The fraction of sp³-hybridized carbons (Fsp3) is 0.320. The van der Waals surface area contributed by atoms with Crippen LogP contribution in [-0.2, 0) is 13.6 Å². The van der Waals surface area contributed by atoms with Gasteiger partial charge in [-0.2, -0.15) is 0 Å². The second kappa shape index (κ2) is 7.33. The Labute approximate surface area is 176 Å². The Morgan fingerprint density at radius 1 is 1.23 bits per heavy atom. The molecule has 0 aliphatic carbocycles. The maximum atomic E-state index is 13.1. The molecule has 30 heavy (non-hydrogen) atoms. The Balaban J connectivity index is 1.50. The number of phenols is 1. The number of aryl methyl sites for hydroxylation is 1. The molecule has 1 N–H and O–H groups in total. The molecule has 5 heteroatoms. The number of nitrogens with zero attached hydrogens (tertiary/aromatic N) is 2. The molecule has 0 saturated carbocycles. The summed E-state index contributed by atoms with van der Waals surface area (Å²) in [5.74, 6) is 1.50. The van der Waals surface area contributed by atoms with Crippen LogP contribution in [0.15, 0.2) is 48.4 Å². The first-order valence-electron chi connectivity index (χ1n) is 10.6. The third-order valence-electron chi connectivity index (χ3n) is 6.25. The number of phenolic OH excluding ortho intramolecular Hbond substituents is 1. The van der Waals surface area contributed by atoms with Gasteiger partial charge in [-0.3, -0.25) is 9.69 Å². The van der Waals surface area contributed by atoms with E-state index in [1.54, 1.807) is 12.1 Å². The minimum atomic E-state index is -0.133. The SMILES string of the molecule is C[C@@H]1CCCN(Cc2c(O)ccc3c2OC(=Cc2cn(C)c4ccccc24)C3=O)C1. The van der Waals surface area contributed by atoms with Crippen LogP contribution in [0.1, 0.15) is 41.3 Å². The number of carbonyl (C=O) groups is 1. The van der Waals surface area contributed by atoms with Gasteiger partial charge in [-0.15, -0.1) is 0 Å². The third kappa shape index (κ3) is 3.19. The summed E-state index contributed by atoms with van der Waals surface area (Å²) in [6.45, 7) is 4.84. The fourth-order valence-electron chi connectivity index (χ4n) is 4.73. The van der Waals surface area contributed by atoms with E-state index >= 15 is 0 Å². The molecule has 0 radical (unpaired) electrons. The van der Waals surface area contributed by atoms with Gasteiger partial charge < -0.3 is 14.4 Å². The lowest BCUT2D eigenvalue weighted by molar-refractivity contribution is 0.101. The molecule has 0 unspecified atom stereocenters. The van der Waals surface area contributed by atoms with Crippen molar-refractivity contribution in [3.63, 3.8) is 0 Å². The molecule has 0 bridgehead atoms. The van der Waals surface area contributed by atoms with Crippen molar-refractivity contribution >= 4 is 22.8 Å². The van der Waals surface area contributed by atoms with Gasteiger partial charge in [0, 0.05) is 42.8 Å². The topological polar surface area (TPSA) is 54.7 Å². The molecule has 1 fully saturated rings. The van der Waals surface area contributed by atoms with E-state index in [1.807, 2.05) is 42.1 Å². The average molecular weight is 402 g/mol. The van der Waals surface area contributed by atoms with E-state index in [-0.39, 0.29) is 11.5 Å². The van der Waals surface area contributed by atoms with Crippen LogP contribution >= 0.6 is 0 Å². The number of allylic oxidation sites excluding steroid dienone is 1. The summed E-state index contributed by atoms with van der Waals surface area (Å²) in [6.07, 6.45) is 6.21. The van der Waals surface area contributed by atoms with Crippen molar-refractivity contribution in [2.24, 2.45) is 13.0 Å². The van der Waals surface area contributed by atoms with Crippen molar-refractivity contribution < 1.29 is 14.6 Å². The molecule has 1 atom stereocenters. The van der Waals surface area contributed by atoms with E-state index < -0.39 is 0 Å². The normalized spacial score (nSPS) is 20.7. The molecule has 1 saturated heterocycles. The van der Waals surface area contributed by atoms with Crippen molar-refractivity contribution in [3.05, 3.63) is 65.0 Å². The van der Waals surface area contributed by atoms with Gasteiger partial charge in [-0.25, -0.2) is 0 Å². The van der Waals surface area contributed by atoms with E-state index in [2.05, 4.69) is 17.9 Å². The molecule has 0 spiro atoms. The van der Waals surface area contributed by atoms with Crippen LogP contribution in [0, 0.1) is 5.92 Å². The lowest BCUT2D eigenvalue weighted by Crippen LogP contribution is -2.33. The number of carbonyl (C=O) groups excluding carboxylic acids is 1. The van der Waals surface area contributed by atoms with Gasteiger partial charge in [0.1, 0.15) is 11.5 Å². The highest BCUT2D eigenvalue weighted by Crippen LogP contribution is 2.41. The monoisotopic (exact) mass is 402 g/mol. The van der Waals surface area contributed by atoms with Crippen molar-refractivity contribution in [3.8, 4) is 11.5 Å². The molecule has 3 heterocycles. The number of piperidine rings is 1. The van der Waals surface area contributed by atoms with Gasteiger partial charge in [0.05, 0.1) is 11.1 Å².